The highest BCUT2D eigenvalue weighted by molar-refractivity contribution is 7.10. The number of aliphatic imine (C=N–C) groups is 1. The van der Waals surface area contributed by atoms with Crippen molar-refractivity contribution < 1.29 is 13.9 Å². The van der Waals surface area contributed by atoms with Crippen LogP contribution in [0.3, 0.4) is 0 Å². The average Bonchev–Trinajstić information content (AvgIpc) is 3.58. The summed E-state index contributed by atoms with van der Waals surface area (Å²) in [5, 5.41) is 9.02. The number of ether oxygens (including phenoxy) is 1. The lowest BCUT2D eigenvalue weighted by Gasteiger charge is -2.34. The average molecular weight is 522 g/mol. The number of aromatic nitrogens is 4. The number of likely N-dealkylation sites (tertiary alicyclic amines) is 1. The highest BCUT2D eigenvalue weighted by atomic mass is 32.1. The first-order valence-corrected chi connectivity index (χ1v) is 13.1. The molecule has 1 aliphatic heterocycles. The number of amides is 1. The van der Waals surface area contributed by atoms with Crippen LogP contribution in [0.1, 0.15) is 56.7 Å². The minimum absolute atomic E-state index is 0.0601. The Morgan fingerprint density at radius 3 is 2.89 bits per heavy atom. The number of piperidine rings is 1. The Hall–Kier alpha value is -3.73. The molecular formula is C26H31N7O3S. The van der Waals surface area contributed by atoms with Gasteiger partial charge in [-0.05, 0) is 64.2 Å². The zero-order chi connectivity index (χ0) is 26.2. The third kappa shape index (κ3) is 5.51. The summed E-state index contributed by atoms with van der Waals surface area (Å²) in [6.45, 7) is 8.84. The number of rotatable bonds is 5. The summed E-state index contributed by atoms with van der Waals surface area (Å²) < 4.78 is 17.5. The number of fused-ring (bicyclic) bond motifs is 1. The molecule has 4 aromatic heterocycles. The van der Waals surface area contributed by atoms with Crippen molar-refractivity contribution in [2.45, 2.75) is 52.1 Å². The van der Waals surface area contributed by atoms with E-state index >= 15 is 0 Å². The quantitative estimate of drug-likeness (QED) is 0.337. The Kier molecular flexibility index (Phi) is 6.72. The van der Waals surface area contributed by atoms with E-state index in [1.807, 2.05) is 45.9 Å². The molecule has 4 aromatic rings. The molecule has 194 valence electrons. The molecular weight excluding hydrogens is 490 g/mol. The van der Waals surface area contributed by atoms with Crippen molar-refractivity contribution in [3.63, 3.8) is 0 Å². The summed E-state index contributed by atoms with van der Waals surface area (Å²) in [5.41, 5.74) is 3.73. The van der Waals surface area contributed by atoms with Crippen molar-refractivity contribution in [1.82, 2.24) is 23.9 Å². The van der Waals surface area contributed by atoms with Crippen LogP contribution in [0.4, 0.5) is 15.6 Å². The maximum absolute atomic E-state index is 12.8. The van der Waals surface area contributed by atoms with Gasteiger partial charge in [0, 0.05) is 43.2 Å². The largest absolute Gasteiger partial charge is 0.463 e. The SMILES string of the molecule is CN=Cc1cc(-c2cnn3c(Nc4cc(C)ns4)cc(C4CCCN(C(=O)OC(C)(C)C)C4)nc23)co1. The molecule has 5 rings (SSSR count). The van der Waals surface area contributed by atoms with Crippen LogP contribution in [0.25, 0.3) is 16.8 Å². The van der Waals surface area contributed by atoms with Crippen molar-refractivity contribution in [1.29, 1.82) is 0 Å². The second-order valence-corrected chi connectivity index (χ2v) is 11.0. The molecule has 1 N–H and O–H groups in total. The second kappa shape index (κ2) is 9.97. The Morgan fingerprint density at radius 1 is 1.32 bits per heavy atom. The number of aryl methyl sites for hydroxylation is 1. The van der Waals surface area contributed by atoms with Gasteiger partial charge in [0.2, 0.25) is 0 Å². The van der Waals surface area contributed by atoms with Crippen LogP contribution >= 0.6 is 11.5 Å². The van der Waals surface area contributed by atoms with Crippen LogP contribution in [0, 0.1) is 6.92 Å². The number of nitrogens with zero attached hydrogens (tertiary/aromatic N) is 6. The summed E-state index contributed by atoms with van der Waals surface area (Å²) in [6, 6.07) is 5.94. The molecule has 0 bridgehead atoms. The first-order valence-electron chi connectivity index (χ1n) is 12.3. The van der Waals surface area contributed by atoms with E-state index < -0.39 is 5.60 Å². The smallest absolute Gasteiger partial charge is 0.410 e. The lowest BCUT2D eigenvalue weighted by Crippen LogP contribution is -2.42. The summed E-state index contributed by atoms with van der Waals surface area (Å²) in [6.07, 6.45) is 6.66. The van der Waals surface area contributed by atoms with E-state index in [0.717, 1.165) is 46.2 Å². The molecule has 0 spiro atoms. The van der Waals surface area contributed by atoms with Crippen LogP contribution in [0.2, 0.25) is 0 Å². The normalized spacial score (nSPS) is 16.6. The molecule has 1 saturated heterocycles. The lowest BCUT2D eigenvalue weighted by atomic mass is 9.94. The van der Waals surface area contributed by atoms with E-state index in [4.69, 9.17) is 14.1 Å². The molecule has 5 heterocycles. The fraction of sp³-hybridized carbons (Fsp3) is 0.423. The van der Waals surface area contributed by atoms with Crippen LogP contribution in [0.15, 0.2) is 40.1 Å². The summed E-state index contributed by atoms with van der Waals surface area (Å²) in [7, 11) is 1.70. The monoisotopic (exact) mass is 521 g/mol. The standard InChI is InChI=1S/C26H31N7O3S/c1-16-9-23(37-31-16)30-22-11-21(17-7-6-8-32(14-17)25(34)36-26(2,3)4)29-24-20(13-28-33(22)24)18-10-19(12-27-5)35-15-18/h9-13,15,17,30H,6-8,14H2,1-5H3. The van der Waals surface area contributed by atoms with Crippen molar-refractivity contribution in [3.05, 3.63) is 47.8 Å². The van der Waals surface area contributed by atoms with Gasteiger partial charge in [-0.3, -0.25) is 4.99 Å². The predicted molar refractivity (Wildman–Crippen MR) is 144 cm³/mol. The van der Waals surface area contributed by atoms with Crippen LogP contribution in [-0.4, -0.2) is 61.9 Å². The highest BCUT2D eigenvalue weighted by Gasteiger charge is 2.30. The maximum atomic E-state index is 12.8. The summed E-state index contributed by atoms with van der Waals surface area (Å²) in [4.78, 5) is 23.7. The topological polar surface area (TPSA) is 110 Å². The third-order valence-electron chi connectivity index (χ3n) is 6.05. The molecule has 0 saturated carbocycles. The molecule has 1 amide bonds. The number of nitrogens with one attached hydrogen (secondary N) is 1. The number of furan rings is 1. The molecule has 1 fully saturated rings. The van der Waals surface area contributed by atoms with Gasteiger partial charge >= 0.3 is 6.09 Å². The molecule has 1 aliphatic rings. The van der Waals surface area contributed by atoms with Crippen molar-refractivity contribution >= 4 is 40.3 Å². The Bertz CT molecular complexity index is 1450. The first-order chi connectivity index (χ1) is 17.7. The molecule has 11 heteroatoms. The van der Waals surface area contributed by atoms with E-state index in [2.05, 4.69) is 19.8 Å². The number of hydrogen-bond donors (Lipinski definition) is 1. The molecule has 0 aliphatic carbocycles. The van der Waals surface area contributed by atoms with Crippen LogP contribution in [0.5, 0.6) is 0 Å². The predicted octanol–water partition coefficient (Wildman–Crippen LogP) is 5.66. The fourth-order valence-corrected chi connectivity index (χ4v) is 5.10. The van der Waals surface area contributed by atoms with Gasteiger partial charge in [0.15, 0.2) is 5.65 Å². The highest BCUT2D eigenvalue weighted by Crippen LogP contribution is 2.33. The number of carbonyl (C=O) groups excluding carboxylic acids is 1. The molecule has 1 atom stereocenters. The molecule has 37 heavy (non-hydrogen) atoms. The Morgan fingerprint density at radius 2 is 2.16 bits per heavy atom. The number of carbonyl (C=O) groups is 1. The van der Waals surface area contributed by atoms with Crippen LogP contribution < -0.4 is 5.32 Å². The summed E-state index contributed by atoms with van der Waals surface area (Å²) >= 11 is 1.39. The second-order valence-electron chi connectivity index (χ2n) is 10.2. The van der Waals surface area contributed by atoms with E-state index in [-0.39, 0.29) is 12.0 Å². The molecule has 0 radical (unpaired) electrons. The lowest BCUT2D eigenvalue weighted by molar-refractivity contribution is 0.0197. The zero-order valence-corrected chi connectivity index (χ0v) is 22.5. The minimum atomic E-state index is -0.538. The fourth-order valence-electron chi connectivity index (χ4n) is 4.43. The first kappa shape index (κ1) is 24.9. The van der Waals surface area contributed by atoms with Gasteiger partial charge in [-0.2, -0.15) is 14.0 Å². The Balaban J connectivity index is 1.54. The minimum Gasteiger partial charge on any atom is -0.463 e. The van der Waals surface area contributed by atoms with E-state index in [9.17, 15) is 4.79 Å². The van der Waals surface area contributed by atoms with Gasteiger partial charge < -0.3 is 19.4 Å². The van der Waals surface area contributed by atoms with Crippen molar-refractivity contribution in [3.8, 4) is 11.1 Å². The van der Waals surface area contributed by atoms with Gasteiger partial charge in [-0.15, -0.1) is 0 Å². The van der Waals surface area contributed by atoms with Crippen LogP contribution in [-0.2, 0) is 4.74 Å². The summed E-state index contributed by atoms with van der Waals surface area (Å²) in [5.74, 6) is 1.50. The molecule has 0 aromatic carbocycles. The number of anilines is 2. The zero-order valence-electron chi connectivity index (χ0n) is 21.7. The third-order valence-corrected chi connectivity index (χ3v) is 6.85. The van der Waals surface area contributed by atoms with E-state index in [1.54, 1.807) is 35.1 Å². The van der Waals surface area contributed by atoms with Crippen molar-refractivity contribution in [2.24, 2.45) is 4.99 Å². The molecule has 1 unspecified atom stereocenters. The maximum Gasteiger partial charge on any atom is 0.410 e. The van der Waals surface area contributed by atoms with Crippen molar-refractivity contribution in [2.75, 3.05) is 25.5 Å². The molecule has 10 nitrogen and oxygen atoms in total. The van der Waals surface area contributed by atoms with Gasteiger partial charge in [-0.25, -0.2) is 9.78 Å². The number of hydrogen-bond acceptors (Lipinski definition) is 9. The Labute approximate surface area is 219 Å². The van der Waals surface area contributed by atoms with Gasteiger partial charge in [-0.1, -0.05) is 0 Å². The van der Waals surface area contributed by atoms with E-state index in [1.165, 1.54) is 11.5 Å². The van der Waals surface area contributed by atoms with E-state index in [0.29, 0.717) is 24.5 Å². The van der Waals surface area contributed by atoms with Gasteiger partial charge in [0.05, 0.1) is 30.1 Å². The van der Waals surface area contributed by atoms with Gasteiger partial charge in [0.25, 0.3) is 0 Å². The van der Waals surface area contributed by atoms with Gasteiger partial charge in [0.1, 0.15) is 22.2 Å².